The minimum atomic E-state index is -0.342. The number of pyridine rings is 2. The summed E-state index contributed by atoms with van der Waals surface area (Å²) in [4.78, 5) is 35.4. The number of nitrogens with two attached hydrogens (primary N) is 1. The third-order valence-electron chi connectivity index (χ3n) is 5.99. The van der Waals surface area contributed by atoms with Gasteiger partial charge in [0.25, 0.3) is 17.1 Å². The Balaban J connectivity index is 1.58. The number of nitrogens with one attached hydrogen (secondary N) is 1. The van der Waals surface area contributed by atoms with Gasteiger partial charge in [0.2, 0.25) is 11.5 Å². The molecule has 9 heteroatoms. The van der Waals surface area contributed by atoms with Crippen LogP contribution in [0, 0.1) is 6.92 Å². The molecule has 0 spiro atoms. The van der Waals surface area contributed by atoms with Crippen molar-refractivity contribution in [3.8, 4) is 0 Å². The van der Waals surface area contributed by atoms with Crippen molar-refractivity contribution >= 4 is 28.4 Å². The van der Waals surface area contributed by atoms with Crippen LogP contribution in [0.4, 0.5) is 5.82 Å². The number of aromatic nitrogens is 5. The minimum absolute atomic E-state index is 0.242. The maximum absolute atomic E-state index is 13.4. The second-order valence-corrected chi connectivity index (χ2v) is 8.51. The van der Waals surface area contributed by atoms with E-state index in [4.69, 9.17) is 10.7 Å². The third-order valence-corrected chi connectivity index (χ3v) is 5.99. The van der Waals surface area contributed by atoms with Crippen LogP contribution in [0.5, 0.6) is 0 Å². The summed E-state index contributed by atoms with van der Waals surface area (Å²) in [5, 5.41) is 3.26. The highest BCUT2D eigenvalue weighted by Crippen LogP contribution is 2.16. The van der Waals surface area contributed by atoms with E-state index in [0.29, 0.717) is 42.7 Å². The maximum Gasteiger partial charge on any atom is 0.278 e. The molecule has 4 heterocycles. The highest BCUT2D eigenvalue weighted by molar-refractivity contribution is 6.00. The molecule has 0 bridgehead atoms. The zero-order valence-electron chi connectivity index (χ0n) is 19.4. The fraction of sp³-hybridized carbons (Fsp3) is 0.192. The topological polar surface area (TPSA) is 111 Å². The Hall–Kier alpha value is -4.53. The molecule has 0 aliphatic carbocycles. The van der Waals surface area contributed by atoms with E-state index in [1.54, 1.807) is 29.4 Å². The highest BCUT2D eigenvalue weighted by atomic mass is 16.1. The van der Waals surface area contributed by atoms with Crippen LogP contribution in [0.2, 0.25) is 0 Å². The molecule has 176 valence electrons. The maximum atomic E-state index is 13.4. The van der Waals surface area contributed by atoms with Gasteiger partial charge in [0, 0.05) is 31.7 Å². The SMILES string of the molecule is Cc1ccc2nc3c(cc(C(=O)NCc4ccccc4)c(N)[n+]3CCCn3ccnc3)c(=O)n2c1. The van der Waals surface area contributed by atoms with Gasteiger partial charge in [-0.2, -0.15) is 0 Å². The monoisotopic (exact) mass is 468 g/mol. The first-order valence-corrected chi connectivity index (χ1v) is 11.4. The molecule has 5 rings (SSSR count). The number of carbonyl (C=O) groups excluding carboxylic acids is 1. The van der Waals surface area contributed by atoms with Crippen LogP contribution in [0.25, 0.3) is 16.7 Å². The van der Waals surface area contributed by atoms with Crippen LogP contribution in [0.1, 0.15) is 27.9 Å². The summed E-state index contributed by atoms with van der Waals surface area (Å²) in [5.74, 6) is -0.0672. The first-order valence-electron chi connectivity index (χ1n) is 11.4. The highest BCUT2D eigenvalue weighted by Gasteiger charge is 2.24. The van der Waals surface area contributed by atoms with Gasteiger partial charge in [-0.3, -0.25) is 14.0 Å². The number of nitrogens with zero attached hydrogens (tertiary/aromatic N) is 5. The molecular weight excluding hydrogens is 442 g/mol. The molecule has 4 aromatic heterocycles. The lowest BCUT2D eigenvalue weighted by atomic mass is 10.1. The summed E-state index contributed by atoms with van der Waals surface area (Å²) in [6.07, 6.45) is 7.83. The van der Waals surface area contributed by atoms with Crippen molar-refractivity contribution in [1.82, 2.24) is 24.3 Å². The van der Waals surface area contributed by atoms with Crippen molar-refractivity contribution in [2.45, 2.75) is 33.0 Å². The zero-order valence-corrected chi connectivity index (χ0v) is 19.4. The van der Waals surface area contributed by atoms with E-state index in [1.165, 1.54) is 4.40 Å². The number of amides is 1. The molecule has 1 aromatic carbocycles. The average Bonchev–Trinajstić information content (AvgIpc) is 3.39. The Kier molecular flexibility index (Phi) is 5.97. The Bertz CT molecular complexity index is 1580. The van der Waals surface area contributed by atoms with Crippen molar-refractivity contribution in [2.24, 2.45) is 0 Å². The van der Waals surface area contributed by atoms with Crippen LogP contribution in [-0.2, 0) is 19.6 Å². The largest absolute Gasteiger partial charge is 0.348 e. The van der Waals surface area contributed by atoms with Gasteiger partial charge >= 0.3 is 0 Å². The molecule has 3 N–H and O–H groups in total. The number of carbonyl (C=O) groups is 1. The summed E-state index contributed by atoms with van der Waals surface area (Å²) >= 11 is 0. The van der Waals surface area contributed by atoms with Crippen LogP contribution in [-0.4, -0.2) is 24.8 Å². The van der Waals surface area contributed by atoms with Crippen molar-refractivity contribution in [2.75, 3.05) is 5.73 Å². The predicted molar refractivity (Wildman–Crippen MR) is 133 cm³/mol. The molecule has 0 saturated carbocycles. The Morgan fingerprint density at radius 3 is 2.77 bits per heavy atom. The number of hydrogen-bond acceptors (Lipinski definition) is 5. The number of fused-ring (bicyclic) bond motifs is 2. The summed E-state index contributed by atoms with van der Waals surface area (Å²) < 4.78 is 5.25. The van der Waals surface area contributed by atoms with E-state index in [0.717, 1.165) is 11.1 Å². The van der Waals surface area contributed by atoms with E-state index in [2.05, 4.69) is 10.3 Å². The first kappa shape index (κ1) is 22.3. The Morgan fingerprint density at radius 2 is 2.00 bits per heavy atom. The standard InChI is InChI=1S/C26H25N7O2/c1-18-8-9-22-30-24-21(26(35)33(22)16-18)14-20(25(34)29-15-19-6-3-2-4-7-19)23(27)32(24)12-5-11-31-13-10-28-17-31/h2-4,6-10,13-14,16-17,27H,5,11-12,15H2,1H3,(H,29,34)/p+1. The number of nitrogen functional groups attached to an aromatic ring is 1. The van der Waals surface area contributed by atoms with Gasteiger partial charge in [0.1, 0.15) is 10.9 Å². The van der Waals surface area contributed by atoms with Crippen LogP contribution < -0.4 is 21.2 Å². The molecule has 0 aliphatic rings. The summed E-state index contributed by atoms with van der Waals surface area (Å²) in [6.45, 7) is 3.46. The van der Waals surface area contributed by atoms with Gasteiger partial charge < -0.3 is 15.6 Å². The molecule has 0 atom stereocenters. The van der Waals surface area contributed by atoms with Crippen molar-refractivity contribution in [3.05, 3.63) is 100 Å². The summed E-state index contributed by atoms with van der Waals surface area (Å²) in [5.41, 5.74) is 9.43. The summed E-state index contributed by atoms with van der Waals surface area (Å²) in [7, 11) is 0. The molecule has 9 nitrogen and oxygen atoms in total. The van der Waals surface area contributed by atoms with Crippen molar-refractivity contribution < 1.29 is 9.36 Å². The zero-order chi connectivity index (χ0) is 24.4. The number of aryl methyl sites for hydroxylation is 3. The third kappa shape index (κ3) is 4.48. The molecule has 0 saturated heterocycles. The van der Waals surface area contributed by atoms with Crippen molar-refractivity contribution in [3.63, 3.8) is 0 Å². The number of benzene rings is 1. The van der Waals surface area contributed by atoms with Crippen molar-refractivity contribution in [1.29, 1.82) is 0 Å². The number of hydrogen-bond donors (Lipinski definition) is 2. The Labute approximate surface area is 201 Å². The van der Waals surface area contributed by atoms with Gasteiger partial charge in [-0.05, 0) is 36.6 Å². The normalized spacial score (nSPS) is 11.2. The molecule has 0 fully saturated rings. The molecule has 1 amide bonds. The number of rotatable bonds is 7. The lowest BCUT2D eigenvalue weighted by Gasteiger charge is -2.13. The van der Waals surface area contributed by atoms with Gasteiger partial charge in [-0.1, -0.05) is 41.4 Å². The Morgan fingerprint density at radius 1 is 1.17 bits per heavy atom. The molecule has 35 heavy (non-hydrogen) atoms. The molecule has 0 unspecified atom stereocenters. The minimum Gasteiger partial charge on any atom is -0.348 e. The first-order chi connectivity index (χ1) is 17.0. The van der Waals surface area contributed by atoms with Crippen LogP contribution in [0.3, 0.4) is 0 Å². The second-order valence-electron chi connectivity index (χ2n) is 8.51. The average molecular weight is 469 g/mol. The summed E-state index contributed by atoms with van der Waals surface area (Å²) in [6, 6.07) is 14.9. The van der Waals surface area contributed by atoms with E-state index in [9.17, 15) is 9.59 Å². The van der Waals surface area contributed by atoms with E-state index in [-0.39, 0.29) is 22.8 Å². The van der Waals surface area contributed by atoms with Crippen LogP contribution >= 0.6 is 0 Å². The van der Waals surface area contributed by atoms with E-state index < -0.39 is 0 Å². The molecular formula is C26H26N7O2+. The molecule has 5 aromatic rings. The van der Waals surface area contributed by atoms with Crippen LogP contribution in [0.15, 0.2) is 78.2 Å². The molecule has 0 radical (unpaired) electrons. The lowest BCUT2D eigenvalue weighted by Crippen LogP contribution is -2.43. The van der Waals surface area contributed by atoms with Gasteiger partial charge in [0.05, 0.1) is 12.9 Å². The number of imidazole rings is 1. The predicted octanol–water partition coefficient (Wildman–Crippen LogP) is 2.24. The van der Waals surface area contributed by atoms with Gasteiger partial charge in [-0.15, -0.1) is 0 Å². The van der Waals surface area contributed by atoms with Gasteiger partial charge in [0.15, 0.2) is 0 Å². The fourth-order valence-corrected chi connectivity index (χ4v) is 4.17. The smallest absolute Gasteiger partial charge is 0.278 e. The fourth-order valence-electron chi connectivity index (χ4n) is 4.17. The van der Waals surface area contributed by atoms with E-state index in [1.807, 2.05) is 60.2 Å². The van der Waals surface area contributed by atoms with E-state index >= 15 is 0 Å². The quantitative estimate of drug-likeness (QED) is 0.281. The van der Waals surface area contributed by atoms with Gasteiger partial charge in [-0.25, -0.2) is 9.55 Å². The number of anilines is 1. The second kappa shape index (κ2) is 9.38. The molecule has 0 aliphatic heterocycles. The lowest BCUT2D eigenvalue weighted by molar-refractivity contribution is -0.659.